The van der Waals surface area contributed by atoms with Gasteiger partial charge in [0, 0.05) is 5.56 Å². The average molecular weight is 338 g/mol. The minimum absolute atomic E-state index is 0.395. The Morgan fingerprint density at radius 3 is 2.52 bits per heavy atom. The maximum absolute atomic E-state index is 10.4. The highest BCUT2D eigenvalue weighted by atomic mass is 16.3. The fourth-order valence-electron chi connectivity index (χ4n) is 3.95. The number of likely N-dealkylation sites (tertiary alicyclic amines) is 1. The predicted molar refractivity (Wildman–Crippen MR) is 106 cm³/mol. The van der Waals surface area contributed by atoms with Gasteiger partial charge >= 0.3 is 0 Å². The van der Waals surface area contributed by atoms with Gasteiger partial charge in [-0.25, -0.2) is 0 Å². The maximum atomic E-state index is 10.4. The van der Waals surface area contributed by atoms with Gasteiger partial charge in [-0.1, -0.05) is 43.7 Å². The number of benzene rings is 2. The van der Waals surface area contributed by atoms with Crippen LogP contribution >= 0.6 is 0 Å². The van der Waals surface area contributed by atoms with Crippen LogP contribution in [-0.4, -0.2) is 30.1 Å². The molecule has 1 saturated heterocycles. The van der Waals surface area contributed by atoms with Crippen molar-refractivity contribution in [3.8, 4) is 16.9 Å². The maximum Gasteiger partial charge on any atom is 0.123 e. The summed E-state index contributed by atoms with van der Waals surface area (Å²) in [5.74, 6) is 1.23. The molecule has 0 aromatic heterocycles. The van der Waals surface area contributed by atoms with Crippen LogP contribution in [0.4, 0.5) is 0 Å². The summed E-state index contributed by atoms with van der Waals surface area (Å²) in [7, 11) is 2.22. The molecule has 0 saturated carbocycles. The molecule has 1 aliphatic rings. The average Bonchev–Trinajstić information content (AvgIpc) is 2.63. The molecule has 2 nitrogen and oxygen atoms in total. The van der Waals surface area contributed by atoms with Crippen molar-refractivity contribution < 1.29 is 5.11 Å². The highest BCUT2D eigenvalue weighted by Crippen LogP contribution is 2.34. The van der Waals surface area contributed by atoms with Crippen LogP contribution in [0.1, 0.15) is 43.7 Å². The molecular weight excluding hydrogens is 306 g/mol. The number of hydrogen-bond acceptors (Lipinski definition) is 2. The molecule has 25 heavy (non-hydrogen) atoms. The molecule has 0 bridgehead atoms. The molecule has 1 N–H and O–H groups in total. The van der Waals surface area contributed by atoms with E-state index in [0.717, 1.165) is 30.7 Å². The molecular formula is C23H31NO. The summed E-state index contributed by atoms with van der Waals surface area (Å²) in [5, 5.41) is 10.4. The van der Waals surface area contributed by atoms with E-state index in [9.17, 15) is 5.11 Å². The minimum atomic E-state index is 0.395. The van der Waals surface area contributed by atoms with Crippen molar-refractivity contribution in [3.63, 3.8) is 0 Å². The minimum Gasteiger partial charge on any atom is -0.507 e. The highest BCUT2D eigenvalue weighted by Gasteiger charge is 2.17. The number of rotatable bonds is 6. The molecule has 0 aliphatic carbocycles. The third-order valence-electron chi connectivity index (χ3n) is 5.57. The van der Waals surface area contributed by atoms with Gasteiger partial charge in [-0.05, 0) is 87.0 Å². The fourth-order valence-corrected chi connectivity index (χ4v) is 3.95. The molecule has 2 aromatic carbocycles. The fraction of sp³-hybridized carbons (Fsp3) is 0.478. The van der Waals surface area contributed by atoms with Crippen molar-refractivity contribution in [1.82, 2.24) is 4.90 Å². The molecule has 1 aliphatic heterocycles. The van der Waals surface area contributed by atoms with E-state index in [1.165, 1.54) is 49.0 Å². The molecule has 1 heterocycles. The van der Waals surface area contributed by atoms with Crippen LogP contribution in [0.5, 0.6) is 5.75 Å². The van der Waals surface area contributed by atoms with E-state index in [0.29, 0.717) is 5.75 Å². The first-order chi connectivity index (χ1) is 12.2. The number of phenolic OH excluding ortho intramolecular Hbond substituents is 1. The molecule has 0 atom stereocenters. The first-order valence-electron chi connectivity index (χ1n) is 9.76. The van der Waals surface area contributed by atoms with E-state index < -0.39 is 0 Å². The van der Waals surface area contributed by atoms with Crippen molar-refractivity contribution >= 4 is 0 Å². The van der Waals surface area contributed by atoms with Gasteiger partial charge in [0.25, 0.3) is 0 Å². The third kappa shape index (κ3) is 4.64. The Bertz CT molecular complexity index is 686. The van der Waals surface area contributed by atoms with Crippen molar-refractivity contribution in [3.05, 3.63) is 53.6 Å². The number of hydrogen-bond donors (Lipinski definition) is 1. The van der Waals surface area contributed by atoms with Crippen molar-refractivity contribution in [2.24, 2.45) is 5.92 Å². The standard InChI is InChI=1S/C23H31NO/c1-3-6-19-10-12-23(25)22(17-19)21-8-5-4-7-20(21)11-9-18-13-15-24(2)16-14-18/h4-5,7-8,10,12,17-18,25H,3,6,9,11,13-16H2,1-2H3. The van der Waals surface area contributed by atoms with Gasteiger partial charge in [-0.15, -0.1) is 0 Å². The lowest BCUT2D eigenvalue weighted by Gasteiger charge is -2.29. The molecule has 0 spiro atoms. The summed E-state index contributed by atoms with van der Waals surface area (Å²) >= 11 is 0. The first kappa shape index (κ1) is 18.0. The molecule has 0 radical (unpaired) electrons. The summed E-state index contributed by atoms with van der Waals surface area (Å²) in [6, 6.07) is 14.7. The smallest absolute Gasteiger partial charge is 0.123 e. The Labute approximate surface area is 152 Å². The van der Waals surface area contributed by atoms with Gasteiger partial charge in [0.05, 0.1) is 0 Å². The van der Waals surface area contributed by atoms with Crippen LogP contribution in [0.25, 0.3) is 11.1 Å². The van der Waals surface area contributed by atoms with E-state index in [-0.39, 0.29) is 0 Å². The lowest BCUT2D eigenvalue weighted by Crippen LogP contribution is -2.30. The SMILES string of the molecule is CCCc1ccc(O)c(-c2ccccc2CCC2CCN(C)CC2)c1. The summed E-state index contributed by atoms with van der Waals surface area (Å²) in [4.78, 5) is 2.43. The lowest BCUT2D eigenvalue weighted by molar-refractivity contribution is 0.212. The molecule has 134 valence electrons. The van der Waals surface area contributed by atoms with Crippen molar-refractivity contribution in [2.75, 3.05) is 20.1 Å². The van der Waals surface area contributed by atoms with Gasteiger partial charge in [-0.3, -0.25) is 0 Å². The number of phenols is 1. The van der Waals surface area contributed by atoms with Gasteiger partial charge < -0.3 is 10.0 Å². The second-order valence-electron chi connectivity index (χ2n) is 7.54. The predicted octanol–water partition coefficient (Wildman–Crippen LogP) is 5.29. The Kier molecular flexibility index (Phi) is 6.14. The monoisotopic (exact) mass is 337 g/mol. The molecule has 2 aromatic rings. The van der Waals surface area contributed by atoms with Crippen LogP contribution in [0.2, 0.25) is 0 Å². The van der Waals surface area contributed by atoms with Gasteiger partial charge in [0.1, 0.15) is 5.75 Å². The largest absolute Gasteiger partial charge is 0.507 e. The molecule has 2 heteroatoms. The van der Waals surface area contributed by atoms with Gasteiger partial charge in [0.15, 0.2) is 0 Å². The summed E-state index contributed by atoms with van der Waals surface area (Å²) < 4.78 is 0. The van der Waals surface area contributed by atoms with Crippen LogP contribution in [0.3, 0.4) is 0 Å². The molecule has 0 amide bonds. The highest BCUT2D eigenvalue weighted by molar-refractivity contribution is 5.73. The van der Waals surface area contributed by atoms with E-state index in [4.69, 9.17) is 0 Å². The van der Waals surface area contributed by atoms with E-state index in [1.54, 1.807) is 0 Å². The summed E-state index contributed by atoms with van der Waals surface area (Å²) in [6.07, 6.45) is 7.17. The Hall–Kier alpha value is -1.80. The summed E-state index contributed by atoms with van der Waals surface area (Å²) in [5.41, 5.74) is 4.86. The topological polar surface area (TPSA) is 23.5 Å². The Morgan fingerprint density at radius 2 is 1.76 bits per heavy atom. The second-order valence-corrected chi connectivity index (χ2v) is 7.54. The van der Waals surface area contributed by atoms with Crippen LogP contribution in [0.15, 0.2) is 42.5 Å². The number of piperidine rings is 1. The zero-order chi connectivity index (χ0) is 17.6. The van der Waals surface area contributed by atoms with Crippen LogP contribution < -0.4 is 0 Å². The van der Waals surface area contributed by atoms with Crippen molar-refractivity contribution in [1.29, 1.82) is 0 Å². The first-order valence-corrected chi connectivity index (χ1v) is 9.76. The normalized spacial score (nSPS) is 16.2. The Morgan fingerprint density at radius 1 is 1.00 bits per heavy atom. The molecule has 1 fully saturated rings. The number of aryl methyl sites for hydroxylation is 2. The number of aromatic hydroxyl groups is 1. The van der Waals surface area contributed by atoms with E-state index >= 15 is 0 Å². The summed E-state index contributed by atoms with van der Waals surface area (Å²) in [6.45, 7) is 4.65. The molecule has 3 rings (SSSR count). The Balaban J connectivity index is 1.78. The molecule has 0 unspecified atom stereocenters. The second kappa shape index (κ2) is 8.53. The van der Waals surface area contributed by atoms with Gasteiger partial charge in [-0.2, -0.15) is 0 Å². The van der Waals surface area contributed by atoms with Crippen molar-refractivity contribution in [2.45, 2.75) is 45.4 Å². The third-order valence-corrected chi connectivity index (χ3v) is 5.57. The quantitative estimate of drug-likeness (QED) is 0.774. The van der Waals surface area contributed by atoms with Crippen LogP contribution in [0, 0.1) is 5.92 Å². The number of nitrogens with zero attached hydrogens (tertiary/aromatic N) is 1. The van der Waals surface area contributed by atoms with E-state index in [1.807, 2.05) is 12.1 Å². The van der Waals surface area contributed by atoms with E-state index in [2.05, 4.69) is 49.2 Å². The zero-order valence-electron chi connectivity index (χ0n) is 15.7. The van der Waals surface area contributed by atoms with Crippen LogP contribution in [-0.2, 0) is 12.8 Å². The zero-order valence-corrected chi connectivity index (χ0v) is 15.7. The van der Waals surface area contributed by atoms with Gasteiger partial charge in [0.2, 0.25) is 0 Å². The lowest BCUT2D eigenvalue weighted by atomic mass is 9.88.